The van der Waals surface area contributed by atoms with Crippen molar-refractivity contribution in [3.05, 3.63) is 64.6 Å². The number of amides is 1. The molecular formula is C24H28N4O4S. The number of aromatic nitrogens is 2. The number of para-hydroxylation sites is 2. The Labute approximate surface area is 192 Å². The highest BCUT2D eigenvalue weighted by atomic mass is 32.2. The standard InChI is InChI=1S/C24H28N4O4S/c1-17-8-10-19(11-9-17)33(31,32)27-14-4-7-22(27)23(29)26-15-12-18(13-16-26)28-21-6-3-2-5-20(21)25-24(28)30/h2-3,5-6,8-11,18,22H,4,7,12-16H2,1H3,(H,25,30). The van der Waals surface area contributed by atoms with Gasteiger partial charge in [-0.15, -0.1) is 0 Å². The normalized spacial score (nSPS) is 20.5. The molecular weight excluding hydrogens is 440 g/mol. The van der Waals surface area contributed by atoms with Crippen molar-refractivity contribution >= 4 is 27.0 Å². The monoisotopic (exact) mass is 468 g/mol. The Morgan fingerprint density at radius 2 is 1.67 bits per heavy atom. The third-order valence-corrected chi connectivity index (χ3v) is 8.80. The number of fused-ring (bicyclic) bond motifs is 1. The second kappa shape index (κ2) is 8.46. The number of hydrogen-bond donors (Lipinski definition) is 1. The number of imidazole rings is 1. The molecule has 3 heterocycles. The van der Waals surface area contributed by atoms with Gasteiger partial charge in [-0.2, -0.15) is 4.31 Å². The Bertz CT molecular complexity index is 1330. The number of benzene rings is 2. The molecule has 1 N–H and O–H groups in total. The van der Waals surface area contributed by atoms with Crippen LogP contribution in [-0.2, 0) is 14.8 Å². The minimum Gasteiger partial charge on any atom is -0.341 e. The summed E-state index contributed by atoms with van der Waals surface area (Å²) in [6.45, 7) is 3.27. The van der Waals surface area contributed by atoms with E-state index in [0.29, 0.717) is 45.3 Å². The number of nitrogens with one attached hydrogen (secondary N) is 1. The molecule has 1 unspecified atom stereocenters. The summed E-state index contributed by atoms with van der Waals surface area (Å²) in [5, 5.41) is 0. The molecule has 2 aromatic carbocycles. The SMILES string of the molecule is Cc1ccc(S(=O)(=O)N2CCCC2C(=O)N2CCC(n3c(=O)[nH]c4ccccc43)CC2)cc1. The van der Waals surface area contributed by atoms with Crippen LogP contribution in [0.5, 0.6) is 0 Å². The number of hydrogen-bond acceptors (Lipinski definition) is 4. The van der Waals surface area contributed by atoms with Crippen LogP contribution in [0.3, 0.4) is 0 Å². The Morgan fingerprint density at radius 3 is 2.39 bits per heavy atom. The van der Waals surface area contributed by atoms with Crippen LogP contribution in [0.2, 0.25) is 0 Å². The van der Waals surface area contributed by atoms with E-state index in [-0.39, 0.29) is 22.5 Å². The number of aryl methyl sites for hydroxylation is 1. The molecule has 2 fully saturated rings. The number of H-pyrrole nitrogens is 1. The third kappa shape index (κ3) is 3.89. The van der Waals surface area contributed by atoms with Crippen LogP contribution in [0.4, 0.5) is 0 Å². The topological polar surface area (TPSA) is 95.5 Å². The van der Waals surface area contributed by atoms with Gasteiger partial charge < -0.3 is 9.88 Å². The van der Waals surface area contributed by atoms with Gasteiger partial charge in [-0.25, -0.2) is 13.2 Å². The van der Waals surface area contributed by atoms with Crippen LogP contribution < -0.4 is 5.69 Å². The average molecular weight is 469 g/mol. The van der Waals surface area contributed by atoms with Gasteiger partial charge in [0.15, 0.2) is 0 Å². The molecule has 1 atom stereocenters. The lowest BCUT2D eigenvalue weighted by atomic mass is 10.0. The Balaban J connectivity index is 1.31. The van der Waals surface area contributed by atoms with Crippen LogP contribution in [-0.4, -0.2) is 58.8 Å². The van der Waals surface area contributed by atoms with Gasteiger partial charge in [-0.1, -0.05) is 29.8 Å². The van der Waals surface area contributed by atoms with E-state index in [2.05, 4.69) is 4.98 Å². The Kier molecular flexibility index (Phi) is 5.62. The molecule has 0 bridgehead atoms. The summed E-state index contributed by atoms with van der Waals surface area (Å²) in [7, 11) is -3.73. The summed E-state index contributed by atoms with van der Waals surface area (Å²) in [5.41, 5.74) is 2.54. The maximum Gasteiger partial charge on any atom is 0.326 e. The van der Waals surface area contributed by atoms with Crippen molar-refractivity contribution < 1.29 is 13.2 Å². The molecule has 0 aliphatic carbocycles. The maximum absolute atomic E-state index is 13.4. The zero-order valence-corrected chi connectivity index (χ0v) is 19.4. The fourth-order valence-electron chi connectivity index (χ4n) is 5.11. The van der Waals surface area contributed by atoms with E-state index in [0.717, 1.165) is 16.6 Å². The lowest BCUT2D eigenvalue weighted by Gasteiger charge is -2.35. The maximum atomic E-state index is 13.4. The van der Waals surface area contributed by atoms with Crippen molar-refractivity contribution in [1.82, 2.24) is 18.8 Å². The van der Waals surface area contributed by atoms with Crippen LogP contribution in [0.15, 0.2) is 58.2 Å². The van der Waals surface area contributed by atoms with Crippen LogP contribution >= 0.6 is 0 Å². The molecule has 33 heavy (non-hydrogen) atoms. The van der Waals surface area contributed by atoms with Gasteiger partial charge in [0.1, 0.15) is 6.04 Å². The first-order chi connectivity index (χ1) is 15.9. The number of nitrogens with zero attached hydrogens (tertiary/aromatic N) is 3. The van der Waals surface area contributed by atoms with E-state index in [1.54, 1.807) is 33.7 Å². The summed E-state index contributed by atoms with van der Waals surface area (Å²) < 4.78 is 29.6. The number of aromatic amines is 1. The van der Waals surface area contributed by atoms with E-state index < -0.39 is 16.1 Å². The average Bonchev–Trinajstić information content (AvgIpc) is 3.44. The summed E-state index contributed by atoms with van der Waals surface area (Å²) in [6, 6.07) is 13.7. The fraction of sp³-hybridized carbons (Fsp3) is 0.417. The quantitative estimate of drug-likeness (QED) is 0.637. The third-order valence-electron chi connectivity index (χ3n) is 6.88. The van der Waals surface area contributed by atoms with Gasteiger partial charge in [0.2, 0.25) is 15.9 Å². The number of piperidine rings is 1. The van der Waals surface area contributed by atoms with Crippen molar-refractivity contribution in [2.75, 3.05) is 19.6 Å². The van der Waals surface area contributed by atoms with E-state index in [4.69, 9.17) is 0 Å². The molecule has 0 spiro atoms. The number of sulfonamides is 1. The molecule has 8 nitrogen and oxygen atoms in total. The van der Waals surface area contributed by atoms with Gasteiger partial charge >= 0.3 is 5.69 Å². The Morgan fingerprint density at radius 1 is 0.970 bits per heavy atom. The zero-order chi connectivity index (χ0) is 23.2. The van der Waals surface area contributed by atoms with Crippen LogP contribution in [0, 0.1) is 6.92 Å². The molecule has 0 saturated carbocycles. The first-order valence-corrected chi connectivity index (χ1v) is 12.9. The summed E-state index contributed by atoms with van der Waals surface area (Å²) in [5.74, 6) is -0.132. The van der Waals surface area contributed by atoms with Crippen molar-refractivity contribution in [2.45, 2.75) is 49.6 Å². The second-order valence-corrected chi connectivity index (χ2v) is 10.9. The summed E-state index contributed by atoms with van der Waals surface area (Å²) >= 11 is 0. The second-order valence-electron chi connectivity index (χ2n) is 8.96. The largest absolute Gasteiger partial charge is 0.341 e. The molecule has 9 heteroatoms. The van der Waals surface area contributed by atoms with E-state index in [1.165, 1.54) is 4.31 Å². The van der Waals surface area contributed by atoms with Crippen molar-refractivity contribution in [3.8, 4) is 0 Å². The van der Waals surface area contributed by atoms with Gasteiger partial charge in [-0.05, 0) is 56.9 Å². The van der Waals surface area contributed by atoms with Gasteiger partial charge in [0.05, 0.1) is 15.9 Å². The highest BCUT2D eigenvalue weighted by Gasteiger charge is 2.41. The van der Waals surface area contributed by atoms with Gasteiger partial charge in [0.25, 0.3) is 0 Å². The van der Waals surface area contributed by atoms with Crippen molar-refractivity contribution in [2.24, 2.45) is 0 Å². The molecule has 174 valence electrons. The van der Waals surface area contributed by atoms with E-state index >= 15 is 0 Å². The predicted octanol–water partition coefficient (Wildman–Crippen LogP) is 2.65. The number of carbonyl (C=O) groups is 1. The van der Waals surface area contributed by atoms with Crippen LogP contribution in [0.25, 0.3) is 11.0 Å². The predicted molar refractivity (Wildman–Crippen MR) is 126 cm³/mol. The highest BCUT2D eigenvalue weighted by molar-refractivity contribution is 7.89. The minimum atomic E-state index is -3.73. The molecule has 2 saturated heterocycles. The zero-order valence-electron chi connectivity index (χ0n) is 18.6. The van der Waals surface area contributed by atoms with Gasteiger partial charge in [-0.3, -0.25) is 9.36 Å². The first-order valence-electron chi connectivity index (χ1n) is 11.4. The molecule has 1 aromatic heterocycles. The highest BCUT2D eigenvalue weighted by Crippen LogP contribution is 2.30. The molecule has 2 aliphatic rings. The Hall–Kier alpha value is -2.91. The lowest BCUT2D eigenvalue weighted by Crippen LogP contribution is -2.50. The molecule has 3 aromatic rings. The fourth-order valence-corrected chi connectivity index (χ4v) is 6.76. The number of rotatable bonds is 4. The smallest absolute Gasteiger partial charge is 0.326 e. The molecule has 2 aliphatic heterocycles. The lowest BCUT2D eigenvalue weighted by molar-refractivity contribution is -0.135. The summed E-state index contributed by atoms with van der Waals surface area (Å²) in [6.07, 6.45) is 2.52. The van der Waals surface area contributed by atoms with Crippen molar-refractivity contribution in [1.29, 1.82) is 0 Å². The summed E-state index contributed by atoms with van der Waals surface area (Å²) in [4.78, 5) is 30.8. The number of carbonyl (C=O) groups excluding carboxylic acids is 1. The molecule has 1 amide bonds. The molecule has 0 radical (unpaired) electrons. The van der Waals surface area contributed by atoms with Crippen LogP contribution in [0.1, 0.15) is 37.3 Å². The van der Waals surface area contributed by atoms with E-state index in [1.807, 2.05) is 31.2 Å². The van der Waals surface area contributed by atoms with E-state index in [9.17, 15) is 18.0 Å². The minimum absolute atomic E-state index is 0.00803. The van der Waals surface area contributed by atoms with Gasteiger partial charge in [0, 0.05) is 25.7 Å². The van der Waals surface area contributed by atoms with Crippen molar-refractivity contribution in [3.63, 3.8) is 0 Å². The number of likely N-dealkylation sites (tertiary alicyclic amines) is 1. The first kappa shape index (κ1) is 21.9. The molecule has 5 rings (SSSR count).